The van der Waals surface area contributed by atoms with Crippen LogP contribution in [-0.2, 0) is 9.53 Å². The Balaban J connectivity index is 2.50. The van der Waals surface area contributed by atoms with Crippen molar-refractivity contribution < 1.29 is 14.6 Å². The molecule has 0 amide bonds. The summed E-state index contributed by atoms with van der Waals surface area (Å²) >= 11 is 1.48. The van der Waals surface area contributed by atoms with Crippen molar-refractivity contribution in [3.63, 3.8) is 0 Å². The fourth-order valence-electron chi connectivity index (χ4n) is 1.94. The highest BCUT2D eigenvalue weighted by Crippen LogP contribution is 2.31. The van der Waals surface area contributed by atoms with Crippen LogP contribution in [0.15, 0.2) is 5.38 Å². The van der Waals surface area contributed by atoms with Crippen molar-refractivity contribution in [1.82, 2.24) is 4.98 Å². The lowest BCUT2D eigenvalue weighted by atomic mass is 9.95. The van der Waals surface area contributed by atoms with Crippen molar-refractivity contribution in [2.75, 3.05) is 0 Å². The van der Waals surface area contributed by atoms with Gasteiger partial charge in [-0.05, 0) is 40.0 Å². The van der Waals surface area contributed by atoms with Crippen LogP contribution in [-0.4, -0.2) is 21.7 Å². The highest BCUT2D eigenvalue weighted by Gasteiger charge is 2.23. The molecule has 1 N–H and O–H groups in total. The third-order valence-electron chi connectivity index (χ3n) is 3.11. The van der Waals surface area contributed by atoms with Crippen molar-refractivity contribution in [3.8, 4) is 5.88 Å². The molecule has 20 heavy (non-hydrogen) atoms. The minimum Gasteiger partial charge on any atom is -0.493 e. The number of thiazole rings is 1. The zero-order valence-corrected chi connectivity index (χ0v) is 13.8. The SMILES string of the molecule is CCC(CCC(C)C(=O)OC(C)(C)C)c1nc(O)cs1. The molecule has 0 aromatic carbocycles. The highest BCUT2D eigenvalue weighted by atomic mass is 32.1. The quantitative estimate of drug-likeness (QED) is 0.803. The predicted octanol–water partition coefficient (Wildman–Crippen LogP) is 4.10. The zero-order chi connectivity index (χ0) is 15.3. The number of esters is 1. The summed E-state index contributed by atoms with van der Waals surface area (Å²) in [5.74, 6) is 0.126. The van der Waals surface area contributed by atoms with Gasteiger partial charge in [-0.1, -0.05) is 13.8 Å². The summed E-state index contributed by atoms with van der Waals surface area (Å²) in [6, 6.07) is 0. The molecule has 0 aliphatic rings. The van der Waals surface area contributed by atoms with Gasteiger partial charge in [-0.25, -0.2) is 4.98 Å². The van der Waals surface area contributed by atoms with E-state index in [1.807, 2.05) is 27.7 Å². The molecule has 2 atom stereocenters. The minimum absolute atomic E-state index is 0.0867. The highest BCUT2D eigenvalue weighted by molar-refractivity contribution is 7.09. The lowest BCUT2D eigenvalue weighted by Crippen LogP contribution is -2.27. The van der Waals surface area contributed by atoms with Gasteiger partial charge < -0.3 is 9.84 Å². The lowest BCUT2D eigenvalue weighted by Gasteiger charge is -2.23. The predicted molar refractivity (Wildman–Crippen MR) is 81.1 cm³/mol. The maximum absolute atomic E-state index is 11.9. The van der Waals surface area contributed by atoms with Crippen molar-refractivity contribution >= 4 is 17.3 Å². The van der Waals surface area contributed by atoms with Crippen LogP contribution in [0.1, 0.15) is 64.8 Å². The molecule has 0 aliphatic heterocycles. The van der Waals surface area contributed by atoms with Gasteiger partial charge in [0.2, 0.25) is 5.88 Å². The average molecular weight is 299 g/mol. The maximum Gasteiger partial charge on any atom is 0.309 e. The summed E-state index contributed by atoms with van der Waals surface area (Å²) in [7, 11) is 0. The first-order chi connectivity index (χ1) is 9.23. The number of aromatic nitrogens is 1. The van der Waals surface area contributed by atoms with E-state index in [-0.39, 0.29) is 17.8 Å². The normalized spacial score (nSPS) is 14.8. The maximum atomic E-state index is 11.9. The molecule has 0 bridgehead atoms. The van der Waals surface area contributed by atoms with Crippen LogP contribution in [0.3, 0.4) is 0 Å². The second-order valence-corrected chi connectivity index (χ2v) is 7.05. The molecular weight excluding hydrogens is 274 g/mol. The number of carbonyl (C=O) groups excluding carboxylic acids is 1. The molecule has 1 heterocycles. The second-order valence-electron chi connectivity index (χ2n) is 6.16. The van der Waals surface area contributed by atoms with Gasteiger partial charge in [0.1, 0.15) is 5.60 Å². The summed E-state index contributed by atoms with van der Waals surface area (Å²) in [4.78, 5) is 16.0. The molecule has 0 saturated carbocycles. The number of hydrogen-bond donors (Lipinski definition) is 1. The Hall–Kier alpha value is -1.10. The van der Waals surface area contributed by atoms with Crippen LogP contribution < -0.4 is 0 Å². The smallest absolute Gasteiger partial charge is 0.309 e. The number of nitrogens with zero attached hydrogens (tertiary/aromatic N) is 1. The standard InChI is InChI=1S/C15H25NO3S/c1-6-11(13-16-12(17)9-20-13)8-7-10(2)14(18)19-15(3,4)5/h9-11,17H,6-8H2,1-5H3. The van der Waals surface area contributed by atoms with E-state index >= 15 is 0 Å². The van der Waals surface area contributed by atoms with Crippen molar-refractivity contribution in [3.05, 3.63) is 10.4 Å². The Bertz CT molecular complexity index is 437. The van der Waals surface area contributed by atoms with Crippen LogP contribution in [0.25, 0.3) is 0 Å². The molecule has 1 rings (SSSR count). The first-order valence-electron chi connectivity index (χ1n) is 7.10. The van der Waals surface area contributed by atoms with E-state index in [4.69, 9.17) is 4.74 Å². The lowest BCUT2D eigenvalue weighted by molar-refractivity contribution is -0.159. The average Bonchev–Trinajstić information content (AvgIpc) is 2.74. The van der Waals surface area contributed by atoms with Gasteiger partial charge in [-0.2, -0.15) is 0 Å². The van der Waals surface area contributed by atoms with Gasteiger partial charge in [0, 0.05) is 5.92 Å². The molecule has 1 aromatic heterocycles. The summed E-state index contributed by atoms with van der Waals surface area (Å²) in [6.07, 6.45) is 2.60. The topological polar surface area (TPSA) is 59.4 Å². The molecule has 4 nitrogen and oxygen atoms in total. The molecule has 114 valence electrons. The Morgan fingerprint density at radius 2 is 2.10 bits per heavy atom. The van der Waals surface area contributed by atoms with Crippen molar-refractivity contribution in [1.29, 1.82) is 0 Å². The zero-order valence-electron chi connectivity index (χ0n) is 13.0. The number of ether oxygens (including phenoxy) is 1. The van der Waals surface area contributed by atoms with Gasteiger partial charge in [0.15, 0.2) is 0 Å². The van der Waals surface area contributed by atoms with Crippen LogP contribution in [0.5, 0.6) is 5.88 Å². The number of aromatic hydroxyl groups is 1. The van der Waals surface area contributed by atoms with E-state index in [0.717, 1.165) is 24.3 Å². The van der Waals surface area contributed by atoms with E-state index in [0.29, 0.717) is 5.92 Å². The molecule has 5 heteroatoms. The molecule has 0 radical (unpaired) electrons. The van der Waals surface area contributed by atoms with Crippen LogP contribution in [0, 0.1) is 5.92 Å². The van der Waals surface area contributed by atoms with Gasteiger partial charge in [0.25, 0.3) is 0 Å². The summed E-state index contributed by atoms with van der Waals surface area (Å²) in [5.41, 5.74) is -0.434. The first kappa shape index (κ1) is 17.0. The molecular formula is C15H25NO3S. The van der Waals surface area contributed by atoms with Gasteiger partial charge in [0.05, 0.1) is 16.3 Å². The Labute approximate surface area is 125 Å². The number of carbonyl (C=O) groups is 1. The first-order valence-corrected chi connectivity index (χ1v) is 7.98. The Kier molecular flexibility index (Phi) is 5.99. The van der Waals surface area contributed by atoms with Gasteiger partial charge >= 0.3 is 5.97 Å². The molecule has 0 fully saturated rings. The summed E-state index contributed by atoms with van der Waals surface area (Å²) in [5, 5.41) is 11.9. The van der Waals surface area contributed by atoms with E-state index < -0.39 is 5.60 Å². The molecule has 2 unspecified atom stereocenters. The fraction of sp³-hybridized carbons (Fsp3) is 0.733. The number of rotatable bonds is 6. The minimum atomic E-state index is -0.434. The fourth-order valence-corrected chi connectivity index (χ4v) is 2.84. The second kappa shape index (κ2) is 7.07. The number of hydrogen-bond acceptors (Lipinski definition) is 5. The van der Waals surface area contributed by atoms with Crippen molar-refractivity contribution in [2.24, 2.45) is 5.92 Å². The molecule has 1 aromatic rings. The molecule has 0 aliphatic carbocycles. The third-order valence-corrected chi connectivity index (χ3v) is 4.10. The van der Waals surface area contributed by atoms with Crippen molar-refractivity contribution in [2.45, 2.75) is 65.4 Å². The van der Waals surface area contributed by atoms with Gasteiger partial charge in [-0.3, -0.25) is 4.79 Å². The van der Waals surface area contributed by atoms with E-state index in [1.165, 1.54) is 11.3 Å². The third kappa shape index (κ3) is 5.49. The summed E-state index contributed by atoms with van der Waals surface area (Å²) in [6.45, 7) is 9.64. The monoisotopic (exact) mass is 299 g/mol. The Morgan fingerprint density at radius 1 is 1.45 bits per heavy atom. The summed E-state index contributed by atoms with van der Waals surface area (Å²) < 4.78 is 5.38. The van der Waals surface area contributed by atoms with Crippen LogP contribution in [0.2, 0.25) is 0 Å². The van der Waals surface area contributed by atoms with Gasteiger partial charge in [-0.15, -0.1) is 11.3 Å². The molecule has 0 saturated heterocycles. The van der Waals surface area contributed by atoms with E-state index in [1.54, 1.807) is 5.38 Å². The van der Waals surface area contributed by atoms with Crippen LogP contribution in [0.4, 0.5) is 0 Å². The Morgan fingerprint density at radius 3 is 2.55 bits per heavy atom. The molecule has 0 spiro atoms. The van der Waals surface area contributed by atoms with E-state index in [2.05, 4.69) is 11.9 Å². The van der Waals surface area contributed by atoms with E-state index in [9.17, 15) is 9.90 Å². The van der Waals surface area contributed by atoms with Crippen LogP contribution >= 0.6 is 11.3 Å². The largest absolute Gasteiger partial charge is 0.493 e.